The van der Waals surface area contributed by atoms with Gasteiger partial charge < -0.3 is 14.8 Å². The fraction of sp³-hybridized carbons (Fsp3) is 0.179. The summed E-state index contributed by atoms with van der Waals surface area (Å²) in [7, 11) is 0. The molecule has 0 saturated carbocycles. The Morgan fingerprint density at radius 2 is 1.76 bits per heavy atom. The number of benzene rings is 3. The number of carbonyl (C=O) groups excluding carboxylic acids is 2. The van der Waals surface area contributed by atoms with E-state index in [0.717, 1.165) is 12.0 Å². The number of aryl methyl sites for hydroxylation is 1. The van der Waals surface area contributed by atoms with E-state index in [1.807, 2.05) is 31.2 Å². The van der Waals surface area contributed by atoms with Crippen molar-refractivity contribution in [3.63, 3.8) is 0 Å². The number of hydrogen-bond acceptors (Lipinski definition) is 6. The van der Waals surface area contributed by atoms with Crippen LogP contribution in [0.2, 0.25) is 10.0 Å². The number of hydrogen-bond donors (Lipinski definition) is 1. The number of ether oxygens (including phenoxy) is 2. The zero-order valence-electron chi connectivity index (χ0n) is 20.6. The van der Waals surface area contributed by atoms with Gasteiger partial charge in [0.1, 0.15) is 0 Å². The quantitative estimate of drug-likeness (QED) is 0.208. The van der Waals surface area contributed by atoms with Gasteiger partial charge in [-0.1, -0.05) is 72.3 Å². The maximum Gasteiger partial charge on any atom is 0.270 e. The maximum atomic E-state index is 13.1. The molecule has 1 aliphatic heterocycles. The third-order valence-electron chi connectivity index (χ3n) is 5.53. The molecule has 3 aromatic carbocycles. The molecule has 1 saturated heterocycles. The highest BCUT2D eigenvalue weighted by molar-refractivity contribution is 8.27. The molecule has 0 aliphatic carbocycles. The van der Waals surface area contributed by atoms with Crippen LogP contribution in [0.5, 0.6) is 11.5 Å². The van der Waals surface area contributed by atoms with Gasteiger partial charge in [0.15, 0.2) is 22.4 Å². The van der Waals surface area contributed by atoms with Gasteiger partial charge in [-0.05, 0) is 73.0 Å². The zero-order chi connectivity index (χ0) is 27.2. The minimum Gasteiger partial charge on any atom is -0.490 e. The Balaban J connectivity index is 1.46. The molecule has 196 valence electrons. The smallest absolute Gasteiger partial charge is 0.270 e. The molecule has 4 rings (SSSR count). The predicted octanol–water partition coefficient (Wildman–Crippen LogP) is 7.38. The van der Waals surface area contributed by atoms with Crippen molar-refractivity contribution < 1.29 is 19.1 Å². The second-order valence-electron chi connectivity index (χ2n) is 8.14. The Bertz CT molecular complexity index is 1410. The number of thioether (sulfide) groups is 1. The number of halogens is 2. The number of nitrogens with zero attached hydrogens (tertiary/aromatic N) is 1. The lowest BCUT2D eigenvalue weighted by Crippen LogP contribution is -2.27. The predicted molar refractivity (Wildman–Crippen MR) is 160 cm³/mol. The fourth-order valence-corrected chi connectivity index (χ4v) is 5.22. The third kappa shape index (κ3) is 6.69. The van der Waals surface area contributed by atoms with Crippen molar-refractivity contribution >= 4 is 80.8 Å². The van der Waals surface area contributed by atoms with Crippen LogP contribution in [0.25, 0.3) is 6.08 Å². The normalized spacial score (nSPS) is 14.2. The number of amides is 2. The van der Waals surface area contributed by atoms with Gasteiger partial charge in [0, 0.05) is 5.69 Å². The van der Waals surface area contributed by atoms with Crippen LogP contribution in [-0.2, 0) is 16.0 Å². The minimum absolute atomic E-state index is 0.183. The molecule has 10 heteroatoms. The van der Waals surface area contributed by atoms with Gasteiger partial charge in [0.05, 0.1) is 27.2 Å². The van der Waals surface area contributed by atoms with Crippen LogP contribution in [-0.4, -0.2) is 29.3 Å². The second-order valence-corrected chi connectivity index (χ2v) is 10.6. The van der Waals surface area contributed by atoms with Crippen LogP contribution >= 0.6 is 47.2 Å². The first-order valence-electron chi connectivity index (χ1n) is 11.8. The van der Waals surface area contributed by atoms with E-state index in [9.17, 15) is 9.59 Å². The van der Waals surface area contributed by atoms with Crippen molar-refractivity contribution in [2.24, 2.45) is 0 Å². The number of rotatable bonds is 9. The van der Waals surface area contributed by atoms with E-state index in [4.69, 9.17) is 44.9 Å². The SMILES string of the molecule is CCOc1cc(/C=C2\SC(=S)N(c3ccc(Cl)c(Cl)c3)C2=O)ccc1OCC(=O)Nc1ccc(CC)cc1. The highest BCUT2D eigenvalue weighted by Crippen LogP contribution is 2.39. The molecule has 1 aliphatic rings. The molecule has 2 amide bonds. The summed E-state index contributed by atoms with van der Waals surface area (Å²) in [6.45, 7) is 4.14. The molecule has 3 aromatic rings. The molecule has 1 heterocycles. The monoisotopic (exact) mass is 586 g/mol. The van der Waals surface area contributed by atoms with Crippen LogP contribution in [0.4, 0.5) is 11.4 Å². The van der Waals surface area contributed by atoms with Crippen LogP contribution in [0, 0.1) is 0 Å². The Hall–Kier alpha value is -3.04. The zero-order valence-corrected chi connectivity index (χ0v) is 23.8. The lowest BCUT2D eigenvalue weighted by atomic mass is 10.1. The van der Waals surface area contributed by atoms with Gasteiger partial charge in [0.25, 0.3) is 11.8 Å². The fourth-order valence-electron chi connectivity index (χ4n) is 3.63. The van der Waals surface area contributed by atoms with Gasteiger partial charge >= 0.3 is 0 Å². The number of thiocarbonyl (C=S) groups is 1. The van der Waals surface area contributed by atoms with Gasteiger partial charge in [-0.15, -0.1) is 0 Å². The Kier molecular flexibility index (Phi) is 9.33. The topological polar surface area (TPSA) is 67.9 Å². The van der Waals surface area contributed by atoms with Crippen LogP contribution in [0.1, 0.15) is 25.0 Å². The van der Waals surface area contributed by atoms with E-state index in [-0.39, 0.29) is 18.4 Å². The molecule has 0 spiro atoms. The summed E-state index contributed by atoms with van der Waals surface area (Å²) in [5.41, 5.74) is 3.16. The first kappa shape index (κ1) is 28.0. The van der Waals surface area contributed by atoms with Crippen LogP contribution in [0.15, 0.2) is 65.6 Å². The van der Waals surface area contributed by atoms with Gasteiger partial charge in [-0.3, -0.25) is 14.5 Å². The Morgan fingerprint density at radius 3 is 2.45 bits per heavy atom. The minimum atomic E-state index is -0.285. The van der Waals surface area contributed by atoms with Crippen molar-refractivity contribution in [2.45, 2.75) is 20.3 Å². The lowest BCUT2D eigenvalue weighted by Gasteiger charge is -2.15. The van der Waals surface area contributed by atoms with Crippen molar-refractivity contribution in [1.29, 1.82) is 0 Å². The molecule has 0 radical (unpaired) electrons. The molecule has 1 fully saturated rings. The summed E-state index contributed by atoms with van der Waals surface area (Å²) < 4.78 is 11.9. The Labute approximate surface area is 240 Å². The van der Waals surface area contributed by atoms with Crippen molar-refractivity contribution in [1.82, 2.24) is 0 Å². The molecule has 1 N–H and O–H groups in total. The molecule has 0 atom stereocenters. The average molecular weight is 588 g/mol. The summed E-state index contributed by atoms with van der Waals surface area (Å²) in [5.74, 6) is 0.331. The summed E-state index contributed by atoms with van der Waals surface area (Å²) in [6, 6.07) is 17.8. The number of nitrogens with one attached hydrogen (secondary N) is 1. The molecule has 0 unspecified atom stereocenters. The maximum absolute atomic E-state index is 13.1. The largest absolute Gasteiger partial charge is 0.490 e. The molecular formula is C28H24Cl2N2O4S2. The molecular weight excluding hydrogens is 563 g/mol. The van der Waals surface area contributed by atoms with Crippen LogP contribution < -0.4 is 19.7 Å². The molecule has 0 bridgehead atoms. The van der Waals surface area contributed by atoms with Gasteiger partial charge in [0.2, 0.25) is 0 Å². The summed E-state index contributed by atoms with van der Waals surface area (Å²) in [6.07, 6.45) is 2.66. The van der Waals surface area contributed by atoms with Gasteiger partial charge in [-0.25, -0.2) is 0 Å². The summed E-state index contributed by atoms with van der Waals surface area (Å²) in [4.78, 5) is 27.4. The van der Waals surface area contributed by atoms with E-state index in [1.165, 1.54) is 22.2 Å². The number of anilines is 2. The first-order valence-corrected chi connectivity index (χ1v) is 13.8. The second kappa shape index (κ2) is 12.7. The highest BCUT2D eigenvalue weighted by Gasteiger charge is 2.33. The first-order chi connectivity index (χ1) is 18.3. The standard InChI is InChI=1S/C28H24Cl2N2O4S2/c1-3-17-5-8-19(9-6-17)31-26(33)16-36-23-12-7-18(13-24(23)35-4-2)14-25-27(34)32(28(37)38-25)20-10-11-21(29)22(30)15-20/h5-15H,3-4,16H2,1-2H3,(H,31,33)/b25-14-. The van der Waals surface area contributed by atoms with E-state index >= 15 is 0 Å². The Morgan fingerprint density at radius 1 is 1.00 bits per heavy atom. The van der Waals surface area contributed by atoms with Crippen molar-refractivity contribution in [3.8, 4) is 11.5 Å². The molecule has 6 nitrogen and oxygen atoms in total. The van der Waals surface area contributed by atoms with E-state index in [1.54, 1.807) is 42.5 Å². The van der Waals surface area contributed by atoms with Crippen molar-refractivity contribution in [2.75, 3.05) is 23.4 Å². The van der Waals surface area contributed by atoms with Gasteiger partial charge in [-0.2, -0.15) is 0 Å². The van der Waals surface area contributed by atoms with Crippen LogP contribution in [0.3, 0.4) is 0 Å². The number of carbonyl (C=O) groups is 2. The average Bonchev–Trinajstić information content (AvgIpc) is 3.18. The van der Waals surface area contributed by atoms with E-state index in [2.05, 4.69) is 12.2 Å². The van der Waals surface area contributed by atoms with E-state index < -0.39 is 0 Å². The lowest BCUT2D eigenvalue weighted by molar-refractivity contribution is -0.118. The third-order valence-corrected chi connectivity index (χ3v) is 7.57. The summed E-state index contributed by atoms with van der Waals surface area (Å²) in [5, 5.41) is 3.55. The van der Waals surface area contributed by atoms with Crippen molar-refractivity contribution in [3.05, 3.63) is 86.7 Å². The molecule has 0 aromatic heterocycles. The summed E-state index contributed by atoms with van der Waals surface area (Å²) >= 11 is 18.8. The molecule has 38 heavy (non-hydrogen) atoms. The van der Waals surface area contributed by atoms with E-state index in [0.29, 0.717) is 48.8 Å². The highest BCUT2D eigenvalue weighted by atomic mass is 35.5.